The highest BCUT2D eigenvalue weighted by Crippen LogP contribution is 2.22. The van der Waals surface area contributed by atoms with E-state index in [0.29, 0.717) is 37.6 Å². The number of hydrogen-bond donors (Lipinski definition) is 2. The highest BCUT2D eigenvalue weighted by molar-refractivity contribution is 9.10. The number of quaternary nitrogens is 1. The molecule has 0 saturated carbocycles. The fourth-order valence-electron chi connectivity index (χ4n) is 3.33. The Morgan fingerprint density at radius 1 is 1.14 bits per heavy atom. The Hall–Kier alpha value is -1.74. The molecule has 1 saturated heterocycles. The first-order valence-corrected chi connectivity index (χ1v) is 11.5. The number of nitrogens with one attached hydrogen (secondary N) is 2. The van der Waals surface area contributed by atoms with Crippen molar-refractivity contribution in [1.29, 1.82) is 0 Å². The van der Waals surface area contributed by atoms with Gasteiger partial charge in [0.1, 0.15) is 0 Å². The minimum atomic E-state index is -3.51. The van der Waals surface area contributed by atoms with Crippen LogP contribution >= 0.6 is 15.9 Å². The van der Waals surface area contributed by atoms with Crippen molar-refractivity contribution in [2.24, 2.45) is 0 Å². The summed E-state index contributed by atoms with van der Waals surface area (Å²) >= 11 is 3.42. The van der Waals surface area contributed by atoms with Gasteiger partial charge < -0.3 is 10.2 Å². The van der Waals surface area contributed by atoms with Crippen molar-refractivity contribution in [3.8, 4) is 0 Å². The number of sulfonamides is 1. The Morgan fingerprint density at radius 2 is 1.82 bits per heavy atom. The third-order valence-corrected chi connectivity index (χ3v) is 7.68. The van der Waals surface area contributed by atoms with E-state index in [9.17, 15) is 13.2 Å². The molecule has 0 bridgehead atoms. The van der Waals surface area contributed by atoms with Crippen LogP contribution in [0.5, 0.6) is 0 Å². The number of amides is 1. The van der Waals surface area contributed by atoms with Gasteiger partial charge in [0.15, 0.2) is 6.54 Å². The SMILES string of the molecule is Cc1ccc(C)c(S(=O)(=O)N2CC[NH+](CC(=O)Nc3ccccc3Br)CC2)c1. The third kappa shape index (κ3) is 4.81. The first kappa shape index (κ1) is 21.0. The summed E-state index contributed by atoms with van der Waals surface area (Å²) in [6, 6.07) is 13.0. The molecule has 1 heterocycles. The number of aryl methyl sites for hydroxylation is 2. The van der Waals surface area contributed by atoms with E-state index >= 15 is 0 Å². The van der Waals surface area contributed by atoms with Crippen LogP contribution in [0, 0.1) is 13.8 Å². The molecule has 2 N–H and O–H groups in total. The summed E-state index contributed by atoms with van der Waals surface area (Å²) < 4.78 is 28.4. The lowest BCUT2D eigenvalue weighted by atomic mass is 10.2. The summed E-state index contributed by atoms with van der Waals surface area (Å²) in [5.74, 6) is -0.0762. The van der Waals surface area contributed by atoms with Gasteiger partial charge in [0.05, 0.1) is 36.8 Å². The topological polar surface area (TPSA) is 70.9 Å². The van der Waals surface area contributed by atoms with Gasteiger partial charge in [0.2, 0.25) is 10.0 Å². The van der Waals surface area contributed by atoms with Gasteiger partial charge in [-0.1, -0.05) is 24.3 Å². The van der Waals surface area contributed by atoms with Crippen molar-refractivity contribution in [3.05, 3.63) is 58.1 Å². The molecule has 0 spiro atoms. The molecule has 0 unspecified atom stereocenters. The summed E-state index contributed by atoms with van der Waals surface area (Å²) in [5.41, 5.74) is 2.42. The second-order valence-electron chi connectivity index (χ2n) is 7.13. The van der Waals surface area contributed by atoms with Gasteiger partial charge in [-0.05, 0) is 59.1 Å². The molecule has 2 aromatic carbocycles. The Bertz CT molecular complexity index is 970. The van der Waals surface area contributed by atoms with Crippen LogP contribution in [-0.2, 0) is 14.8 Å². The molecule has 0 radical (unpaired) electrons. The molecule has 6 nitrogen and oxygen atoms in total. The van der Waals surface area contributed by atoms with E-state index in [-0.39, 0.29) is 5.91 Å². The molecule has 1 aliphatic rings. The van der Waals surface area contributed by atoms with Crippen LogP contribution in [0.25, 0.3) is 0 Å². The summed E-state index contributed by atoms with van der Waals surface area (Å²) in [7, 11) is -3.51. The molecule has 3 rings (SSSR count). The van der Waals surface area contributed by atoms with Gasteiger partial charge in [-0.2, -0.15) is 4.31 Å². The van der Waals surface area contributed by atoms with Crippen LogP contribution in [-0.4, -0.2) is 51.4 Å². The van der Waals surface area contributed by atoms with E-state index in [1.54, 1.807) is 6.07 Å². The lowest BCUT2D eigenvalue weighted by Gasteiger charge is -2.31. The Kier molecular flexibility index (Phi) is 6.54. The van der Waals surface area contributed by atoms with Crippen molar-refractivity contribution < 1.29 is 18.1 Å². The van der Waals surface area contributed by atoms with Gasteiger partial charge in [-0.15, -0.1) is 0 Å². The average Bonchev–Trinajstić information content (AvgIpc) is 2.66. The van der Waals surface area contributed by atoms with Crippen LogP contribution in [0.3, 0.4) is 0 Å². The molecule has 1 amide bonds. The number of para-hydroxylation sites is 1. The van der Waals surface area contributed by atoms with Gasteiger partial charge in [-0.25, -0.2) is 8.42 Å². The van der Waals surface area contributed by atoms with Gasteiger partial charge in [0.25, 0.3) is 5.91 Å². The molecule has 150 valence electrons. The number of rotatable bonds is 5. The minimum Gasteiger partial charge on any atom is -0.325 e. The smallest absolute Gasteiger partial charge is 0.279 e. The molecule has 1 fully saturated rings. The fraction of sp³-hybridized carbons (Fsp3) is 0.350. The lowest BCUT2D eigenvalue weighted by Crippen LogP contribution is -3.15. The Labute approximate surface area is 174 Å². The number of nitrogens with zero attached hydrogens (tertiary/aromatic N) is 1. The van der Waals surface area contributed by atoms with E-state index < -0.39 is 10.0 Å². The molecule has 2 aromatic rings. The maximum Gasteiger partial charge on any atom is 0.279 e. The predicted octanol–water partition coefficient (Wildman–Crippen LogP) is 1.59. The van der Waals surface area contributed by atoms with E-state index in [4.69, 9.17) is 0 Å². The van der Waals surface area contributed by atoms with Crippen LogP contribution in [0.1, 0.15) is 11.1 Å². The average molecular weight is 467 g/mol. The number of anilines is 1. The van der Waals surface area contributed by atoms with Gasteiger partial charge in [0, 0.05) is 4.47 Å². The maximum atomic E-state index is 13.0. The summed E-state index contributed by atoms with van der Waals surface area (Å²) in [4.78, 5) is 13.8. The zero-order valence-corrected chi connectivity index (χ0v) is 18.4. The molecule has 0 aromatic heterocycles. The van der Waals surface area contributed by atoms with Crippen molar-refractivity contribution >= 4 is 37.5 Å². The second kappa shape index (κ2) is 8.73. The number of carbonyl (C=O) groups is 1. The molecule has 8 heteroatoms. The van der Waals surface area contributed by atoms with E-state index in [1.165, 1.54) is 4.31 Å². The first-order chi connectivity index (χ1) is 13.3. The number of benzene rings is 2. The Morgan fingerprint density at radius 3 is 2.50 bits per heavy atom. The van der Waals surface area contributed by atoms with Crippen LogP contribution in [0.2, 0.25) is 0 Å². The normalized spacial score (nSPS) is 16.1. The molecular formula is C20H25BrN3O3S+. The summed E-state index contributed by atoms with van der Waals surface area (Å²) in [5, 5.41) is 2.90. The zero-order valence-electron chi connectivity index (χ0n) is 16.0. The third-order valence-electron chi connectivity index (χ3n) is 4.95. The van der Waals surface area contributed by atoms with Gasteiger partial charge >= 0.3 is 0 Å². The molecule has 1 aliphatic heterocycles. The van der Waals surface area contributed by atoms with Crippen molar-refractivity contribution in [3.63, 3.8) is 0 Å². The lowest BCUT2D eigenvalue weighted by molar-refractivity contribution is -0.895. The monoisotopic (exact) mass is 466 g/mol. The largest absolute Gasteiger partial charge is 0.325 e. The van der Waals surface area contributed by atoms with Crippen molar-refractivity contribution in [2.75, 3.05) is 38.0 Å². The van der Waals surface area contributed by atoms with Crippen LogP contribution in [0.15, 0.2) is 51.8 Å². The maximum absolute atomic E-state index is 13.0. The number of hydrogen-bond acceptors (Lipinski definition) is 3. The van der Waals surface area contributed by atoms with E-state index in [0.717, 1.165) is 26.2 Å². The summed E-state index contributed by atoms with van der Waals surface area (Å²) in [6.45, 7) is 6.06. The standard InChI is InChI=1S/C20H24BrN3O3S/c1-15-7-8-16(2)19(13-15)28(26,27)24-11-9-23(10-12-24)14-20(25)22-18-6-4-3-5-17(18)21/h3-8,13H,9-12,14H2,1-2H3,(H,22,25)/p+1. The van der Waals surface area contributed by atoms with E-state index in [1.807, 2.05) is 50.2 Å². The molecule has 0 atom stereocenters. The predicted molar refractivity (Wildman–Crippen MR) is 113 cm³/mol. The second-order valence-corrected chi connectivity index (χ2v) is 9.89. The van der Waals surface area contributed by atoms with Crippen molar-refractivity contribution in [1.82, 2.24) is 4.31 Å². The first-order valence-electron chi connectivity index (χ1n) is 9.23. The summed E-state index contributed by atoms with van der Waals surface area (Å²) in [6.07, 6.45) is 0. The number of carbonyl (C=O) groups excluding carboxylic acids is 1. The molecular weight excluding hydrogens is 442 g/mol. The zero-order chi connectivity index (χ0) is 20.3. The number of halogens is 1. The van der Waals surface area contributed by atoms with Gasteiger partial charge in [-0.3, -0.25) is 4.79 Å². The fourth-order valence-corrected chi connectivity index (χ4v) is 5.46. The highest BCUT2D eigenvalue weighted by Gasteiger charge is 2.32. The Balaban J connectivity index is 1.59. The molecule has 0 aliphatic carbocycles. The highest BCUT2D eigenvalue weighted by atomic mass is 79.9. The van der Waals surface area contributed by atoms with Crippen molar-refractivity contribution in [2.45, 2.75) is 18.7 Å². The minimum absolute atomic E-state index is 0.0762. The number of piperazine rings is 1. The van der Waals surface area contributed by atoms with E-state index in [2.05, 4.69) is 21.2 Å². The van der Waals surface area contributed by atoms with Crippen LogP contribution < -0.4 is 10.2 Å². The quantitative estimate of drug-likeness (QED) is 0.702. The van der Waals surface area contributed by atoms with Crippen LogP contribution in [0.4, 0.5) is 5.69 Å². The molecule has 28 heavy (non-hydrogen) atoms.